The number of nitrogens with zero attached hydrogens (tertiary/aromatic N) is 2. The number of methoxy groups -OCH3 is 1. The molecular formula is C11H9Cl2N3O3S. The number of ether oxygens (including phenoxy) is 1. The van der Waals surface area contributed by atoms with Crippen LogP contribution in [0.15, 0.2) is 35.5 Å². The summed E-state index contributed by atoms with van der Waals surface area (Å²) in [6, 6.07) is 4.16. The number of halogens is 2. The number of aromatic nitrogens is 2. The van der Waals surface area contributed by atoms with Crippen LogP contribution in [-0.4, -0.2) is 25.5 Å². The molecule has 0 fully saturated rings. The predicted octanol–water partition coefficient (Wildman–Crippen LogP) is 2.59. The Morgan fingerprint density at radius 2 is 1.95 bits per heavy atom. The lowest BCUT2D eigenvalue weighted by molar-refractivity contribution is 0.415. The minimum absolute atomic E-state index is 0.0341. The highest BCUT2D eigenvalue weighted by molar-refractivity contribution is 7.92. The monoisotopic (exact) mass is 333 g/mol. The third-order valence-electron chi connectivity index (χ3n) is 2.28. The number of pyridine rings is 2. The highest BCUT2D eigenvalue weighted by atomic mass is 35.5. The SMILES string of the molecule is COc1cc(Cl)cnc1NS(=O)(=O)c1ccc(Cl)nc1. The first-order valence-corrected chi connectivity index (χ1v) is 7.50. The van der Waals surface area contributed by atoms with Crippen molar-refractivity contribution in [2.75, 3.05) is 11.8 Å². The van der Waals surface area contributed by atoms with E-state index >= 15 is 0 Å². The topological polar surface area (TPSA) is 81.2 Å². The largest absolute Gasteiger partial charge is 0.493 e. The first kappa shape index (κ1) is 14.8. The first-order valence-electron chi connectivity index (χ1n) is 5.26. The summed E-state index contributed by atoms with van der Waals surface area (Å²) in [4.78, 5) is 7.56. The first-order chi connectivity index (χ1) is 9.42. The molecule has 106 valence electrons. The van der Waals surface area contributed by atoms with E-state index in [0.29, 0.717) is 5.02 Å². The van der Waals surface area contributed by atoms with Gasteiger partial charge in [-0.25, -0.2) is 18.4 Å². The van der Waals surface area contributed by atoms with Crippen LogP contribution in [-0.2, 0) is 10.0 Å². The number of hydrogen-bond donors (Lipinski definition) is 1. The van der Waals surface area contributed by atoms with E-state index in [4.69, 9.17) is 27.9 Å². The molecule has 0 saturated heterocycles. The minimum Gasteiger partial charge on any atom is -0.493 e. The maximum atomic E-state index is 12.1. The normalized spacial score (nSPS) is 11.2. The summed E-state index contributed by atoms with van der Waals surface area (Å²) < 4.78 is 31.6. The Balaban J connectivity index is 2.35. The fraction of sp³-hybridized carbons (Fsp3) is 0.0909. The Morgan fingerprint density at radius 1 is 1.20 bits per heavy atom. The van der Waals surface area contributed by atoms with E-state index < -0.39 is 10.0 Å². The van der Waals surface area contributed by atoms with Crippen molar-refractivity contribution in [2.45, 2.75) is 4.90 Å². The molecule has 2 aromatic heterocycles. The van der Waals surface area contributed by atoms with Crippen LogP contribution in [0, 0.1) is 0 Å². The van der Waals surface area contributed by atoms with Gasteiger partial charge in [-0.15, -0.1) is 0 Å². The van der Waals surface area contributed by atoms with Crippen LogP contribution in [0.2, 0.25) is 10.2 Å². The number of nitrogens with one attached hydrogen (secondary N) is 1. The summed E-state index contributed by atoms with van der Waals surface area (Å²) in [5, 5.41) is 0.532. The van der Waals surface area contributed by atoms with Gasteiger partial charge < -0.3 is 4.74 Å². The molecular weight excluding hydrogens is 325 g/mol. The summed E-state index contributed by atoms with van der Waals surface area (Å²) >= 11 is 11.4. The van der Waals surface area contributed by atoms with E-state index in [0.717, 1.165) is 6.20 Å². The molecule has 0 unspecified atom stereocenters. The predicted molar refractivity (Wildman–Crippen MR) is 75.9 cm³/mol. The molecule has 9 heteroatoms. The van der Waals surface area contributed by atoms with Crippen LogP contribution in [0.3, 0.4) is 0 Å². The molecule has 0 saturated carbocycles. The van der Waals surface area contributed by atoms with Crippen molar-refractivity contribution in [1.29, 1.82) is 0 Å². The van der Waals surface area contributed by atoms with Crippen molar-refractivity contribution >= 4 is 39.0 Å². The van der Waals surface area contributed by atoms with E-state index in [1.165, 1.54) is 31.5 Å². The third kappa shape index (κ3) is 3.30. The van der Waals surface area contributed by atoms with Crippen LogP contribution in [0.1, 0.15) is 0 Å². The van der Waals surface area contributed by atoms with Gasteiger partial charge in [0.15, 0.2) is 11.6 Å². The fourth-order valence-electron chi connectivity index (χ4n) is 1.36. The lowest BCUT2D eigenvalue weighted by atomic mass is 10.4. The standard InChI is InChI=1S/C11H9Cl2N3O3S/c1-19-9-4-7(12)5-15-11(9)16-20(17,18)8-2-3-10(13)14-6-8/h2-6H,1H3,(H,15,16). The molecule has 0 aliphatic carbocycles. The van der Waals surface area contributed by atoms with Gasteiger partial charge in [0.1, 0.15) is 10.0 Å². The van der Waals surface area contributed by atoms with Gasteiger partial charge in [0.2, 0.25) is 0 Å². The highest BCUT2D eigenvalue weighted by Crippen LogP contribution is 2.27. The van der Waals surface area contributed by atoms with E-state index in [2.05, 4.69) is 14.7 Å². The Labute approximate surface area is 125 Å². The second-order valence-corrected chi connectivity index (χ2v) is 6.13. The van der Waals surface area contributed by atoms with Crippen molar-refractivity contribution in [3.63, 3.8) is 0 Å². The van der Waals surface area contributed by atoms with Crippen molar-refractivity contribution in [3.8, 4) is 5.75 Å². The summed E-state index contributed by atoms with van der Waals surface area (Å²) in [6.45, 7) is 0. The second-order valence-electron chi connectivity index (χ2n) is 3.63. The molecule has 2 heterocycles. The van der Waals surface area contributed by atoms with Crippen LogP contribution in [0.4, 0.5) is 5.82 Å². The van der Waals surface area contributed by atoms with Crippen molar-refractivity contribution < 1.29 is 13.2 Å². The Bertz CT molecular complexity index is 720. The molecule has 0 amide bonds. The number of hydrogen-bond acceptors (Lipinski definition) is 5. The number of anilines is 1. The quantitative estimate of drug-likeness (QED) is 0.869. The van der Waals surface area contributed by atoms with Gasteiger partial charge >= 0.3 is 0 Å². The number of sulfonamides is 1. The molecule has 0 aromatic carbocycles. The van der Waals surface area contributed by atoms with E-state index in [9.17, 15) is 8.42 Å². The van der Waals surface area contributed by atoms with Crippen molar-refractivity contribution in [1.82, 2.24) is 9.97 Å². The molecule has 0 spiro atoms. The maximum absolute atomic E-state index is 12.1. The zero-order valence-corrected chi connectivity index (χ0v) is 12.5. The van der Waals surface area contributed by atoms with Gasteiger partial charge in [-0.1, -0.05) is 23.2 Å². The molecule has 2 aromatic rings. The molecule has 1 N–H and O–H groups in total. The van der Waals surface area contributed by atoms with Crippen LogP contribution < -0.4 is 9.46 Å². The van der Waals surface area contributed by atoms with Crippen LogP contribution >= 0.6 is 23.2 Å². The summed E-state index contributed by atoms with van der Waals surface area (Å²) in [7, 11) is -2.45. The maximum Gasteiger partial charge on any atom is 0.264 e. The Morgan fingerprint density at radius 3 is 2.55 bits per heavy atom. The minimum atomic E-state index is -3.83. The smallest absolute Gasteiger partial charge is 0.264 e. The van der Waals surface area contributed by atoms with E-state index in [-0.39, 0.29) is 21.6 Å². The highest BCUT2D eigenvalue weighted by Gasteiger charge is 2.18. The van der Waals surface area contributed by atoms with E-state index in [1.54, 1.807) is 0 Å². The van der Waals surface area contributed by atoms with Crippen LogP contribution in [0.5, 0.6) is 5.75 Å². The van der Waals surface area contributed by atoms with Gasteiger partial charge in [0, 0.05) is 18.5 Å². The van der Waals surface area contributed by atoms with Crippen LogP contribution in [0.25, 0.3) is 0 Å². The molecule has 2 rings (SSSR count). The lowest BCUT2D eigenvalue weighted by Gasteiger charge is -2.10. The van der Waals surface area contributed by atoms with Gasteiger partial charge in [-0.2, -0.15) is 0 Å². The zero-order valence-electron chi connectivity index (χ0n) is 10.2. The van der Waals surface area contributed by atoms with Gasteiger partial charge in [-0.3, -0.25) is 4.72 Å². The second kappa shape index (κ2) is 5.82. The molecule has 0 radical (unpaired) electrons. The molecule has 0 aliphatic heterocycles. The summed E-state index contributed by atoms with van der Waals surface area (Å²) in [6.07, 6.45) is 2.45. The molecule has 0 bridgehead atoms. The van der Waals surface area contributed by atoms with E-state index in [1.807, 2.05) is 0 Å². The zero-order chi connectivity index (χ0) is 14.8. The molecule has 0 aliphatic rings. The molecule has 6 nitrogen and oxygen atoms in total. The molecule has 0 atom stereocenters. The fourth-order valence-corrected chi connectivity index (χ4v) is 2.58. The lowest BCUT2D eigenvalue weighted by Crippen LogP contribution is -2.14. The Kier molecular flexibility index (Phi) is 4.32. The summed E-state index contributed by atoms with van der Waals surface area (Å²) in [5.41, 5.74) is 0. The van der Waals surface area contributed by atoms with Crippen molar-refractivity contribution in [2.24, 2.45) is 0 Å². The van der Waals surface area contributed by atoms with Gasteiger partial charge in [0.25, 0.3) is 10.0 Å². The van der Waals surface area contributed by atoms with Crippen molar-refractivity contribution in [3.05, 3.63) is 40.8 Å². The number of rotatable bonds is 4. The van der Waals surface area contributed by atoms with Gasteiger partial charge in [-0.05, 0) is 12.1 Å². The molecule has 20 heavy (non-hydrogen) atoms. The van der Waals surface area contributed by atoms with Gasteiger partial charge in [0.05, 0.1) is 12.1 Å². The average Bonchev–Trinajstić information content (AvgIpc) is 2.41. The Hall–Kier alpha value is -1.57. The third-order valence-corrected chi connectivity index (χ3v) is 4.04. The summed E-state index contributed by atoms with van der Waals surface area (Å²) in [5.74, 6) is 0.245. The average molecular weight is 334 g/mol.